The maximum absolute atomic E-state index is 13.5. The van der Waals surface area contributed by atoms with Gasteiger partial charge in [-0.05, 0) is 97.0 Å². The highest BCUT2D eigenvalue weighted by Gasteiger charge is 2.33. The maximum atomic E-state index is 13.5. The van der Waals surface area contributed by atoms with E-state index in [-0.39, 0.29) is 29.5 Å². The fourth-order valence-electron chi connectivity index (χ4n) is 5.81. The van der Waals surface area contributed by atoms with Crippen molar-refractivity contribution < 1.29 is 27.2 Å². The molecular formula is C35H33F4N3O2. The van der Waals surface area contributed by atoms with Crippen molar-refractivity contribution in [1.82, 2.24) is 5.32 Å². The van der Waals surface area contributed by atoms with Crippen LogP contribution in [-0.2, 0) is 11.0 Å². The van der Waals surface area contributed by atoms with Crippen LogP contribution in [0.15, 0.2) is 97.1 Å². The highest BCUT2D eigenvalue weighted by atomic mass is 19.4. The van der Waals surface area contributed by atoms with Crippen molar-refractivity contribution in [2.24, 2.45) is 5.92 Å². The van der Waals surface area contributed by atoms with E-state index in [1.54, 1.807) is 36.4 Å². The third kappa shape index (κ3) is 7.10. The Morgan fingerprint density at radius 1 is 0.864 bits per heavy atom. The minimum atomic E-state index is -4.44. The first-order valence-electron chi connectivity index (χ1n) is 14.6. The second-order valence-corrected chi connectivity index (χ2v) is 10.9. The van der Waals surface area contributed by atoms with Gasteiger partial charge in [-0.2, -0.15) is 13.2 Å². The molecule has 1 unspecified atom stereocenters. The minimum Gasteiger partial charge on any atom is -0.372 e. The highest BCUT2D eigenvalue weighted by Crippen LogP contribution is 2.35. The van der Waals surface area contributed by atoms with E-state index in [1.165, 1.54) is 24.3 Å². The number of anilines is 2. The second kappa shape index (κ2) is 13.3. The number of piperidine rings is 1. The van der Waals surface area contributed by atoms with Gasteiger partial charge in [0.1, 0.15) is 5.82 Å². The molecule has 0 bridgehead atoms. The van der Waals surface area contributed by atoms with Crippen LogP contribution in [0.25, 0.3) is 11.1 Å². The zero-order valence-electron chi connectivity index (χ0n) is 24.2. The van der Waals surface area contributed by atoms with Gasteiger partial charge in [-0.1, -0.05) is 42.5 Å². The number of amides is 2. The molecule has 1 aliphatic rings. The molecule has 44 heavy (non-hydrogen) atoms. The molecule has 1 aliphatic heterocycles. The number of nitrogens with one attached hydrogen (secondary N) is 2. The Balaban J connectivity index is 1.23. The lowest BCUT2D eigenvalue weighted by Crippen LogP contribution is -2.40. The predicted molar refractivity (Wildman–Crippen MR) is 164 cm³/mol. The molecule has 1 heterocycles. The summed E-state index contributed by atoms with van der Waals surface area (Å²) in [6.07, 6.45) is -2.86. The van der Waals surface area contributed by atoms with Gasteiger partial charge in [0.2, 0.25) is 5.91 Å². The standard InChI is InChI=1S/C35H33F4N3O2/c1-2-40-34(44)32(24-9-13-27(36)14-10-24)25-19-21-42(22-20-25)29-17-15-28(16-18-29)41-33(43)31-6-4-3-5-30(31)23-7-11-26(12-8-23)35(37,38)39/h3-18,25,32H,2,19-22H2,1H3,(H,40,44)(H,41,43). The topological polar surface area (TPSA) is 61.4 Å². The maximum Gasteiger partial charge on any atom is 0.416 e. The van der Waals surface area contributed by atoms with Gasteiger partial charge in [0.25, 0.3) is 5.91 Å². The summed E-state index contributed by atoms with van der Waals surface area (Å²) in [4.78, 5) is 28.4. The summed E-state index contributed by atoms with van der Waals surface area (Å²) in [6.45, 7) is 3.90. The van der Waals surface area contributed by atoms with E-state index in [2.05, 4.69) is 15.5 Å². The van der Waals surface area contributed by atoms with E-state index >= 15 is 0 Å². The van der Waals surface area contributed by atoms with Crippen molar-refractivity contribution in [1.29, 1.82) is 0 Å². The Labute approximate surface area is 253 Å². The number of carbonyl (C=O) groups excluding carboxylic acids is 2. The van der Waals surface area contributed by atoms with Crippen LogP contribution in [0, 0.1) is 11.7 Å². The van der Waals surface area contributed by atoms with E-state index < -0.39 is 11.7 Å². The highest BCUT2D eigenvalue weighted by molar-refractivity contribution is 6.08. The molecule has 0 spiro atoms. The first-order chi connectivity index (χ1) is 21.1. The number of benzene rings is 4. The van der Waals surface area contributed by atoms with Crippen LogP contribution >= 0.6 is 0 Å². The molecule has 1 atom stereocenters. The van der Waals surface area contributed by atoms with Crippen LogP contribution in [0.4, 0.5) is 28.9 Å². The molecule has 4 aromatic carbocycles. The lowest BCUT2D eigenvalue weighted by Gasteiger charge is -2.37. The van der Waals surface area contributed by atoms with Crippen LogP contribution in [0.5, 0.6) is 0 Å². The summed E-state index contributed by atoms with van der Waals surface area (Å²) >= 11 is 0. The lowest BCUT2D eigenvalue weighted by atomic mass is 9.79. The zero-order chi connectivity index (χ0) is 31.3. The quantitative estimate of drug-likeness (QED) is 0.201. The first kappa shape index (κ1) is 30.8. The SMILES string of the molecule is CCNC(=O)C(c1ccc(F)cc1)C1CCN(c2ccc(NC(=O)c3ccccc3-c3ccc(C(F)(F)F)cc3)cc2)CC1. The summed E-state index contributed by atoms with van der Waals surface area (Å²) in [5, 5.41) is 5.83. The second-order valence-electron chi connectivity index (χ2n) is 10.9. The van der Waals surface area contributed by atoms with Gasteiger partial charge in [0.15, 0.2) is 0 Å². The summed E-state index contributed by atoms with van der Waals surface area (Å²) in [7, 11) is 0. The van der Waals surface area contributed by atoms with Gasteiger partial charge in [0, 0.05) is 36.6 Å². The summed E-state index contributed by atoms with van der Waals surface area (Å²) in [5.41, 5.74) is 3.03. The summed E-state index contributed by atoms with van der Waals surface area (Å²) in [6, 6.07) is 25.2. The number of hydrogen-bond acceptors (Lipinski definition) is 3. The largest absolute Gasteiger partial charge is 0.416 e. The van der Waals surface area contributed by atoms with Crippen LogP contribution in [0.3, 0.4) is 0 Å². The number of nitrogens with zero attached hydrogens (tertiary/aromatic N) is 1. The minimum absolute atomic E-state index is 0.0439. The van der Waals surface area contributed by atoms with E-state index in [4.69, 9.17) is 0 Å². The molecule has 4 aromatic rings. The molecular weight excluding hydrogens is 570 g/mol. The van der Waals surface area contributed by atoms with Crippen molar-refractivity contribution in [3.8, 4) is 11.1 Å². The van der Waals surface area contributed by atoms with Crippen molar-refractivity contribution in [3.63, 3.8) is 0 Å². The van der Waals surface area contributed by atoms with Crippen molar-refractivity contribution in [2.45, 2.75) is 31.9 Å². The van der Waals surface area contributed by atoms with Crippen LogP contribution < -0.4 is 15.5 Å². The number of likely N-dealkylation sites (N-methyl/N-ethyl adjacent to an activating group) is 1. The van der Waals surface area contributed by atoms with Gasteiger partial charge in [0.05, 0.1) is 11.5 Å². The Morgan fingerprint density at radius 3 is 2.11 bits per heavy atom. The average Bonchev–Trinajstić information content (AvgIpc) is 3.03. The normalized spacial score (nSPS) is 14.6. The smallest absolute Gasteiger partial charge is 0.372 e. The molecule has 1 saturated heterocycles. The van der Waals surface area contributed by atoms with E-state index in [1.807, 2.05) is 31.2 Å². The van der Waals surface area contributed by atoms with Gasteiger partial charge in [-0.15, -0.1) is 0 Å². The van der Waals surface area contributed by atoms with Crippen molar-refractivity contribution >= 4 is 23.2 Å². The third-order valence-corrected chi connectivity index (χ3v) is 8.06. The molecule has 1 fully saturated rings. The van der Waals surface area contributed by atoms with Gasteiger partial charge < -0.3 is 15.5 Å². The summed E-state index contributed by atoms with van der Waals surface area (Å²) in [5.74, 6) is -0.975. The van der Waals surface area contributed by atoms with Crippen molar-refractivity contribution in [2.75, 3.05) is 29.9 Å². The van der Waals surface area contributed by atoms with E-state index in [0.717, 1.165) is 49.3 Å². The fourth-order valence-corrected chi connectivity index (χ4v) is 5.81. The molecule has 0 aliphatic carbocycles. The Kier molecular flexibility index (Phi) is 9.32. The summed E-state index contributed by atoms with van der Waals surface area (Å²) < 4.78 is 52.6. The molecule has 5 rings (SSSR count). The van der Waals surface area contributed by atoms with E-state index in [0.29, 0.717) is 28.9 Å². The molecule has 0 saturated carbocycles. The molecule has 0 radical (unpaired) electrons. The number of halogens is 4. The third-order valence-electron chi connectivity index (χ3n) is 8.06. The molecule has 2 amide bonds. The molecule has 5 nitrogen and oxygen atoms in total. The zero-order valence-corrected chi connectivity index (χ0v) is 24.2. The van der Waals surface area contributed by atoms with Gasteiger partial charge in [-0.3, -0.25) is 9.59 Å². The molecule has 9 heteroatoms. The molecule has 2 N–H and O–H groups in total. The first-order valence-corrected chi connectivity index (χ1v) is 14.6. The van der Waals surface area contributed by atoms with Gasteiger partial charge >= 0.3 is 6.18 Å². The lowest BCUT2D eigenvalue weighted by molar-refractivity contribution is -0.137. The predicted octanol–water partition coefficient (Wildman–Crippen LogP) is 7.90. The van der Waals surface area contributed by atoms with E-state index in [9.17, 15) is 27.2 Å². The average molecular weight is 604 g/mol. The Hall–Kier alpha value is -4.66. The number of carbonyl (C=O) groups is 2. The van der Waals surface area contributed by atoms with Crippen molar-refractivity contribution in [3.05, 3.63) is 120 Å². The number of rotatable bonds is 8. The Bertz CT molecular complexity index is 1580. The van der Waals surface area contributed by atoms with Crippen LogP contribution in [0.1, 0.15) is 47.2 Å². The molecule has 0 aromatic heterocycles. The molecule has 228 valence electrons. The fraction of sp³-hybridized carbons (Fsp3) is 0.257. The van der Waals surface area contributed by atoms with Gasteiger partial charge in [-0.25, -0.2) is 4.39 Å². The number of hydrogen-bond donors (Lipinski definition) is 2. The number of alkyl halides is 3. The van der Waals surface area contributed by atoms with Crippen LogP contribution in [0.2, 0.25) is 0 Å². The van der Waals surface area contributed by atoms with Crippen LogP contribution in [-0.4, -0.2) is 31.4 Å². The Morgan fingerprint density at radius 2 is 1.50 bits per heavy atom. The monoisotopic (exact) mass is 603 g/mol.